The number of aromatic amines is 1. The van der Waals surface area contributed by atoms with Gasteiger partial charge in [0, 0.05) is 12.8 Å². The molecule has 0 saturated carbocycles. The van der Waals surface area contributed by atoms with Crippen molar-refractivity contribution in [2.45, 2.75) is 19.3 Å². The van der Waals surface area contributed by atoms with Crippen molar-refractivity contribution < 1.29 is 0 Å². The Kier molecular flexibility index (Phi) is 2.99. The average Bonchev–Trinajstić information content (AvgIpc) is 2.67. The average molecular weight is 199 g/mol. The summed E-state index contributed by atoms with van der Waals surface area (Å²) in [5.74, 6) is 1.03. The van der Waals surface area contributed by atoms with Crippen molar-refractivity contribution in [2.24, 2.45) is 0 Å². The Morgan fingerprint density at radius 3 is 2.93 bits per heavy atom. The topological polar surface area (TPSA) is 33.0 Å². The number of hydrogen-bond acceptors (Lipinski definition) is 1. The summed E-state index contributed by atoms with van der Waals surface area (Å²) in [5, 5.41) is 0. The highest BCUT2D eigenvalue weighted by Gasteiger charge is 2.01. The van der Waals surface area contributed by atoms with Crippen LogP contribution in [-0.2, 0) is 6.42 Å². The Labute approximate surface area is 89.0 Å². The van der Waals surface area contributed by atoms with E-state index in [0.717, 1.165) is 36.1 Å². The van der Waals surface area contributed by atoms with Gasteiger partial charge in [-0.3, -0.25) is 0 Å². The first kappa shape index (κ1) is 9.72. The zero-order valence-electron chi connectivity index (χ0n) is 8.53. The van der Waals surface area contributed by atoms with E-state index in [4.69, 9.17) is 6.57 Å². The molecule has 0 aliphatic rings. The molecule has 0 spiro atoms. The molecule has 15 heavy (non-hydrogen) atoms. The minimum absolute atomic E-state index is 0.625. The van der Waals surface area contributed by atoms with Gasteiger partial charge in [0.05, 0.1) is 11.0 Å². The van der Waals surface area contributed by atoms with E-state index in [2.05, 4.69) is 14.8 Å². The number of nitrogens with zero attached hydrogens (tertiary/aromatic N) is 2. The van der Waals surface area contributed by atoms with Gasteiger partial charge >= 0.3 is 0 Å². The molecule has 3 heteroatoms. The maximum Gasteiger partial charge on any atom is 0.214 e. The number of imidazole rings is 1. The molecule has 1 aromatic carbocycles. The second kappa shape index (κ2) is 4.61. The molecule has 1 N–H and O–H groups in total. The van der Waals surface area contributed by atoms with Crippen molar-refractivity contribution in [2.75, 3.05) is 6.54 Å². The van der Waals surface area contributed by atoms with Crippen LogP contribution in [0.15, 0.2) is 24.3 Å². The quantitative estimate of drug-likeness (QED) is 0.596. The molecule has 0 radical (unpaired) electrons. The molecule has 2 aromatic rings. The highest BCUT2D eigenvalue weighted by molar-refractivity contribution is 5.74. The van der Waals surface area contributed by atoms with Crippen LogP contribution < -0.4 is 0 Å². The lowest BCUT2D eigenvalue weighted by Crippen LogP contribution is -1.89. The van der Waals surface area contributed by atoms with E-state index in [1.165, 1.54) is 0 Å². The largest absolute Gasteiger partial charge is 0.342 e. The number of aromatic nitrogens is 2. The number of nitrogens with one attached hydrogen (secondary N) is 1. The summed E-state index contributed by atoms with van der Waals surface area (Å²) in [6.45, 7) is 7.30. The lowest BCUT2D eigenvalue weighted by molar-refractivity contribution is 0.752. The van der Waals surface area contributed by atoms with Gasteiger partial charge in [0.2, 0.25) is 6.54 Å². The first-order valence-corrected chi connectivity index (χ1v) is 5.17. The molecule has 0 amide bonds. The van der Waals surface area contributed by atoms with Gasteiger partial charge in [0.1, 0.15) is 5.82 Å². The van der Waals surface area contributed by atoms with Gasteiger partial charge < -0.3 is 9.83 Å². The van der Waals surface area contributed by atoms with Crippen LogP contribution >= 0.6 is 0 Å². The van der Waals surface area contributed by atoms with E-state index in [-0.39, 0.29) is 0 Å². The van der Waals surface area contributed by atoms with Crippen LogP contribution in [0.1, 0.15) is 18.7 Å². The second-order valence-electron chi connectivity index (χ2n) is 3.54. The monoisotopic (exact) mass is 199 g/mol. The predicted molar refractivity (Wildman–Crippen MR) is 60.5 cm³/mol. The van der Waals surface area contributed by atoms with Crippen molar-refractivity contribution in [3.05, 3.63) is 41.5 Å². The SMILES string of the molecule is [C-]#[N+]CCCCc1nc2ccccc2[nH]1. The summed E-state index contributed by atoms with van der Waals surface area (Å²) < 4.78 is 0. The maximum atomic E-state index is 6.68. The Bertz CT molecular complexity index is 446. The van der Waals surface area contributed by atoms with Crippen molar-refractivity contribution in [1.29, 1.82) is 0 Å². The van der Waals surface area contributed by atoms with Gasteiger partial charge in [-0.2, -0.15) is 0 Å². The van der Waals surface area contributed by atoms with Crippen LogP contribution in [0, 0.1) is 6.57 Å². The molecule has 0 aliphatic carbocycles. The van der Waals surface area contributed by atoms with E-state index < -0.39 is 0 Å². The molecule has 0 atom stereocenters. The number of hydrogen-bond donors (Lipinski definition) is 1. The van der Waals surface area contributed by atoms with E-state index in [0.29, 0.717) is 6.54 Å². The summed E-state index contributed by atoms with van der Waals surface area (Å²) in [7, 11) is 0. The van der Waals surface area contributed by atoms with Gasteiger partial charge in [-0.05, 0) is 18.6 Å². The van der Waals surface area contributed by atoms with Gasteiger partial charge in [0.15, 0.2) is 0 Å². The van der Waals surface area contributed by atoms with E-state index in [1.54, 1.807) is 0 Å². The van der Waals surface area contributed by atoms with Gasteiger partial charge in [0.25, 0.3) is 0 Å². The highest BCUT2D eigenvalue weighted by atomic mass is 14.9. The highest BCUT2D eigenvalue weighted by Crippen LogP contribution is 2.11. The number of rotatable bonds is 4. The van der Waals surface area contributed by atoms with Crippen molar-refractivity contribution >= 4 is 11.0 Å². The first-order valence-electron chi connectivity index (χ1n) is 5.17. The third kappa shape index (κ3) is 2.35. The zero-order valence-corrected chi connectivity index (χ0v) is 8.53. The molecule has 1 aromatic heterocycles. The smallest absolute Gasteiger partial charge is 0.214 e. The van der Waals surface area contributed by atoms with Gasteiger partial charge in [-0.25, -0.2) is 11.6 Å². The molecule has 1 heterocycles. The Morgan fingerprint density at radius 1 is 1.27 bits per heavy atom. The van der Waals surface area contributed by atoms with Gasteiger partial charge in [-0.1, -0.05) is 12.1 Å². The van der Waals surface area contributed by atoms with Crippen molar-refractivity contribution in [1.82, 2.24) is 9.97 Å². The number of benzene rings is 1. The minimum atomic E-state index is 0.625. The van der Waals surface area contributed by atoms with Crippen molar-refractivity contribution in [3.63, 3.8) is 0 Å². The molecule has 76 valence electrons. The molecule has 0 fully saturated rings. The van der Waals surface area contributed by atoms with Crippen LogP contribution in [-0.4, -0.2) is 16.5 Å². The fourth-order valence-corrected chi connectivity index (χ4v) is 1.61. The molecule has 0 saturated heterocycles. The molecule has 0 unspecified atom stereocenters. The number of fused-ring (bicyclic) bond motifs is 1. The standard InChI is InChI=1S/C12H13N3/c1-13-9-5-4-8-12-14-10-6-2-3-7-11(10)15-12/h2-3,6-7H,4-5,8-9H2,(H,14,15). The third-order valence-electron chi connectivity index (χ3n) is 2.37. The molecule has 0 aliphatic heterocycles. The lowest BCUT2D eigenvalue weighted by atomic mass is 10.2. The minimum Gasteiger partial charge on any atom is -0.342 e. The summed E-state index contributed by atoms with van der Waals surface area (Å²) in [4.78, 5) is 11.1. The summed E-state index contributed by atoms with van der Waals surface area (Å²) >= 11 is 0. The molecule has 3 nitrogen and oxygen atoms in total. The normalized spacial score (nSPS) is 10.3. The zero-order chi connectivity index (χ0) is 10.5. The van der Waals surface area contributed by atoms with Gasteiger partial charge in [-0.15, -0.1) is 0 Å². The number of H-pyrrole nitrogens is 1. The summed E-state index contributed by atoms with van der Waals surface area (Å²) in [6.07, 6.45) is 2.92. The first-order chi connectivity index (χ1) is 7.40. The Balaban J connectivity index is 2.00. The predicted octanol–water partition coefficient (Wildman–Crippen LogP) is 2.80. The molecule has 0 bridgehead atoms. The van der Waals surface area contributed by atoms with Crippen molar-refractivity contribution in [3.8, 4) is 0 Å². The van der Waals surface area contributed by atoms with Crippen LogP contribution in [0.25, 0.3) is 15.9 Å². The van der Waals surface area contributed by atoms with Crippen LogP contribution in [0.3, 0.4) is 0 Å². The van der Waals surface area contributed by atoms with E-state index >= 15 is 0 Å². The van der Waals surface area contributed by atoms with Crippen LogP contribution in [0.2, 0.25) is 0 Å². The van der Waals surface area contributed by atoms with E-state index in [9.17, 15) is 0 Å². The Morgan fingerprint density at radius 2 is 2.13 bits per heavy atom. The fourth-order valence-electron chi connectivity index (χ4n) is 1.61. The molecular formula is C12H13N3. The van der Waals surface area contributed by atoms with E-state index in [1.807, 2.05) is 24.3 Å². The maximum absolute atomic E-state index is 6.68. The fraction of sp³-hybridized carbons (Fsp3) is 0.333. The Hall–Kier alpha value is -1.82. The third-order valence-corrected chi connectivity index (χ3v) is 2.37. The summed E-state index contributed by atoms with van der Waals surface area (Å²) in [6, 6.07) is 8.04. The second-order valence-corrected chi connectivity index (χ2v) is 3.54. The van der Waals surface area contributed by atoms with Crippen LogP contribution in [0.5, 0.6) is 0 Å². The number of unbranched alkanes of at least 4 members (excludes halogenated alkanes) is 1. The molecular weight excluding hydrogens is 186 g/mol. The summed E-state index contributed by atoms with van der Waals surface area (Å²) in [5.41, 5.74) is 2.12. The lowest BCUT2D eigenvalue weighted by Gasteiger charge is -1.91. The van der Waals surface area contributed by atoms with Crippen LogP contribution in [0.4, 0.5) is 0 Å². The number of aryl methyl sites for hydroxylation is 1. The number of para-hydroxylation sites is 2. The molecule has 2 rings (SSSR count).